The highest BCUT2D eigenvalue weighted by Crippen LogP contribution is 2.21. The van der Waals surface area contributed by atoms with E-state index < -0.39 is 23.0 Å². The van der Waals surface area contributed by atoms with Crippen molar-refractivity contribution >= 4 is 5.78 Å². The lowest BCUT2D eigenvalue weighted by atomic mass is 9.93. The number of Topliss-reactive ketones (excluding diaryl/α,β-unsaturated/α-hetero) is 1. The first-order valence-electron chi connectivity index (χ1n) is 6.69. The highest BCUT2D eigenvalue weighted by atomic mass is 19.1. The molecular weight excluding hydrogens is 248 g/mol. The Balaban J connectivity index is 2.76. The van der Waals surface area contributed by atoms with Gasteiger partial charge in [0.2, 0.25) is 0 Å². The summed E-state index contributed by atoms with van der Waals surface area (Å²) in [6.07, 6.45) is 2.54. The van der Waals surface area contributed by atoms with Crippen molar-refractivity contribution in [3.05, 3.63) is 34.9 Å². The zero-order chi connectivity index (χ0) is 14.4. The second kappa shape index (κ2) is 7.34. The number of nitrogens with two attached hydrogens (primary N) is 1. The van der Waals surface area contributed by atoms with Crippen molar-refractivity contribution in [3.63, 3.8) is 0 Å². The highest BCUT2D eigenvalue weighted by molar-refractivity contribution is 5.96. The molecule has 0 radical (unpaired) electrons. The Morgan fingerprint density at radius 3 is 2.58 bits per heavy atom. The lowest BCUT2D eigenvalue weighted by Gasteiger charge is -2.13. The largest absolute Gasteiger partial charge is 0.330 e. The van der Waals surface area contributed by atoms with Crippen molar-refractivity contribution in [3.8, 4) is 0 Å². The lowest BCUT2D eigenvalue weighted by molar-refractivity contribution is 0.0964. The highest BCUT2D eigenvalue weighted by Gasteiger charge is 2.19. The van der Waals surface area contributed by atoms with Crippen LogP contribution in [0.5, 0.6) is 0 Å². The summed E-state index contributed by atoms with van der Waals surface area (Å²) in [7, 11) is 0. The molecule has 0 heterocycles. The fourth-order valence-corrected chi connectivity index (χ4v) is 2.16. The molecular formula is C15H21F2NO. The maximum absolute atomic E-state index is 13.8. The summed E-state index contributed by atoms with van der Waals surface area (Å²) in [6, 6.07) is 2.48. The third kappa shape index (κ3) is 4.10. The third-order valence-electron chi connectivity index (χ3n) is 3.49. The van der Waals surface area contributed by atoms with Gasteiger partial charge in [-0.15, -0.1) is 0 Å². The number of ketones is 1. The molecule has 2 N–H and O–H groups in total. The maximum Gasteiger partial charge on any atom is 0.168 e. The minimum atomic E-state index is -0.778. The molecule has 2 nitrogen and oxygen atoms in total. The molecule has 0 amide bonds. The van der Waals surface area contributed by atoms with Crippen LogP contribution in [0.15, 0.2) is 12.1 Å². The summed E-state index contributed by atoms with van der Waals surface area (Å²) in [5.41, 5.74) is 5.38. The number of aryl methyl sites for hydroxylation is 1. The predicted octanol–water partition coefficient (Wildman–Crippen LogP) is 3.61. The second-order valence-electron chi connectivity index (χ2n) is 4.87. The van der Waals surface area contributed by atoms with E-state index in [4.69, 9.17) is 5.73 Å². The van der Waals surface area contributed by atoms with Gasteiger partial charge in [0, 0.05) is 6.42 Å². The molecule has 0 aliphatic rings. The molecule has 1 aromatic rings. The van der Waals surface area contributed by atoms with E-state index in [0.29, 0.717) is 24.4 Å². The van der Waals surface area contributed by atoms with Crippen LogP contribution in [-0.2, 0) is 0 Å². The molecule has 0 aliphatic carbocycles. The quantitative estimate of drug-likeness (QED) is 0.768. The van der Waals surface area contributed by atoms with Crippen LogP contribution in [0.2, 0.25) is 0 Å². The van der Waals surface area contributed by atoms with Gasteiger partial charge in [0.1, 0.15) is 11.6 Å². The standard InChI is InChI=1S/C15H21F2NO/c1-3-11(8-9-18)5-7-13(19)14-12(16)6-4-10(2)15(14)17/h4,6,11H,3,5,7-9,18H2,1-2H3. The number of hydrogen-bond acceptors (Lipinski definition) is 2. The third-order valence-corrected chi connectivity index (χ3v) is 3.49. The lowest BCUT2D eigenvalue weighted by Crippen LogP contribution is -2.12. The monoisotopic (exact) mass is 269 g/mol. The van der Waals surface area contributed by atoms with Crippen LogP contribution < -0.4 is 5.73 Å². The average Bonchev–Trinajstić information content (AvgIpc) is 2.39. The maximum atomic E-state index is 13.8. The molecule has 0 aliphatic heterocycles. The van der Waals surface area contributed by atoms with Crippen LogP contribution in [0, 0.1) is 24.5 Å². The minimum Gasteiger partial charge on any atom is -0.330 e. The summed E-state index contributed by atoms with van der Waals surface area (Å²) in [5.74, 6) is -1.64. The number of halogens is 2. The molecule has 0 saturated carbocycles. The number of carbonyl (C=O) groups excluding carboxylic acids is 1. The van der Waals surface area contributed by atoms with Crippen LogP contribution in [0.25, 0.3) is 0 Å². The summed E-state index contributed by atoms with van der Waals surface area (Å²) < 4.78 is 27.3. The Labute approximate surface area is 113 Å². The van der Waals surface area contributed by atoms with E-state index in [1.807, 2.05) is 6.92 Å². The van der Waals surface area contributed by atoms with Gasteiger partial charge in [-0.1, -0.05) is 19.4 Å². The number of rotatable bonds is 7. The fraction of sp³-hybridized carbons (Fsp3) is 0.533. The minimum absolute atomic E-state index is 0.163. The van der Waals surface area contributed by atoms with E-state index in [1.165, 1.54) is 13.0 Å². The Hall–Kier alpha value is -1.29. The summed E-state index contributed by atoms with van der Waals surface area (Å²) in [6.45, 7) is 4.12. The van der Waals surface area contributed by atoms with E-state index in [2.05, 4.69) is 0 Å². The zero-order valence-electron chi connectivity index (χ0n) is 11.5. The first-order valence-corrected chi connectivity index (χ1v) is 6.69. The molecule has 0 bridgehead atoms. The van der Waals surface area contributed by atoms with Crippen LogP contribution in [0.4, 0.5) is 8.78 Å². The van der Waals surface area contributed by atoms with Crippen molar-refractivity contribution in [1.82, 2.24) is 0 Å². The summed E-state index contributed by atoms with van der Waals surface area (Å²) in [5, 5.41) is 0. The Kier molecular flexibility index (Phi) is 6.09. The molecule has 0 spiro atoms. The van der Waals surface area contributed by atoms with Gasteiger partial charge >= 0.3 is 0 Å². The van der Waals surface area contributed by atoms with Crippen molar-refractivity contribution in [2.75, 3.05) is 6.54 Å². The fourth-order valence-electron chi connectivity index (χ4n) is 2.16. The molecule has 0 aromatic heterocycles. The smallest absolute Gasteiger partial charge is 0.168 e. The van der Waals surface area contributed by atoms with Gasteiger partial charge in [0.05, 0.1) is 5.56 Å². The first-order chi connectivity index (χ1) is 9.01. The van der Waals surface area contributed by atoms with Crippen LogP contribution in [0.3, 0.4) is 0 Å². The Morgan fingerprint density at radius 1 is 1.32 bits per heavy atom. The van der Waals surface area contributed by atoms with Crippen LogP contribution in [0.1, 0.15) is 48.5 Å². The summed E-state index contributed by atoms with van der Waals surface area (Å²) >= 11 is 0. The van der Waals surface area contributed by atoms with E-state index >= 15 is 0 Å². The zero-order valence-corrected chi connectivity index (χ0v) is 11.5. The van der Waals surface area contributed by atoms with Gasteiger partial charge in [-0.3, -0.25) is 4.79 Å². The number of carbonyl (C=O) groups is 1. The number of hydrogen-bond donors (Lipinski definition) is 1. The molecule has 4 heteroatoms. The van der Waals surface area contributed by atoms with Crippen molar-refractivity contribution in [2.45, 2.75) is 39.5 Å². The van der Waals surface area contributed by atoms with Crippen molar-refractivity contribution in [2.24, 2.45) is 11.7 Å². The first kappa shape index (κ1) is 15.8. The molecule has 1 unspecified atom stereocenters. The number of benzene rings is 1. The normalized spacial score (nSPS) is 12.5. The Morgan fingerprint density at radius 2 is 2.00 bits per heavy atom. The van der Waals surface area contributed by atoms with Crippen molar-refractivity contribution in [1.29, 1.82) is 0 Å². The van der Waals surface area contributed by atoms with Gasteiger partial charge in [0.15, 0.2) is 5.78 Å². The van der Waals surface area contributed by atoms with Crippen molar-refractivity contribution < 1.29 is 13.6 Å². The molecule has 0 saturated heterocycles. The van der Waals surface area contributed by atoms with Gasteiger partial charge in [-0.25, -0.2) is 8.78 Å². The van der Waals surface area contributed by atoms with E-state index in [9.17, 15) is 13.6 Å². The second-order valence-corrected chi connectivity index (χ2v) is 4.87. The summed E-state index contributed by atoms with van der Waals surface area (Å²) in [4.78, 5) is 12.0. The van der Waals surface area contributed by atoms with Gasteiger partial charge in [0.25, 0.3) is 0 Å². The van der Waals surface area contributed by atoms with E-state index in [-0.39, 0.29) is 6.42 Å². The molecule has 1 aromatic carbocycles. The molecule has 19 heavy (non-hydrogen) atoms. The average molecular weight is 269 g/mol. The van der Waals surface area contributed by atoms with Gasteiger partial charge in [-0.2, -0.15) is 0 Å². The van der Waals surface area contributed by atoms with Crippen LogP contribution >= 0.6 is 0 Å². The molecule has 106 valence electrons. The predicted molar refractivity (Wildman–Crippen MR) is 72.1 cm³/mol. The van der Waals surface area contributed by atoms with Gasteiger partial charge in [-0.05, 0) is 43.9 Å². The van der Waals surface area contributed by atoms with E-state index in [1.54, 1.807) is 0 Å². The molecule has 0 fully saturated rings. The SMILES string of the molecule is CCC(CCN)CCC(=O)c1c(F)ccc(C)c1F. The van der Waals surface area contributed by atoms with E-state index in [0.717, 1.165) is 18.9 Å². The topological polar surface area (TPSA) is 43.1 Å². The molecule has 1 atom stereocenters. The van der Waals surface area contributed by atoms with Crippen LogP contribution in [-0.4, -0.2) is 12.3 Å². The van der Waals surface area contributed by atoms with Gasteiger partial charge < -0.3 is 5.73 Å². The molecule has 1 rings (SSSR count). The Bertz CT molecular complexity index is 446.